The number of quaternary nitrogens is 1. The van der Waals surface area contributed by atoms with Crippen LogP contribution in [-0.2, 0) is 33.3 Å². The zero-order valence-electron chi connectivity index (χ0n) is 54.2. The van der Waals surface area contributed by atoms with Gasteiger partial charge in [0.1, 0.15) is 13.2 Å². The van der Waals surface area contributed by atoms with Crippen LogP contribution < -0.4 is 0 Å². The number of unbranched alkanes of at least 4 members (excludes halogenated alkanes) is 42. The molecule has 81 heavy (non-hydrogen) atoms. The lowest BCUT2D eigenvalue weighted by atomic mass is 10.0. The number of likely N-dealkylation sites (N-methyl/N-ethyl adjacent to an activating group) is 1. The predicted molar refractivity (Wildman–Crippen MR) is 346 cm³/mol. The van der Waals surface area contributed by atoms with Gasteiger partial charge in [0, 0.05) is 12.8 Å². The molecule has 0 saturated carbocycles. The molecule has 0 heterocycles. The molecule has 0 aliphatic heterocycles. The minimum Gasteiger partial charge on any atom is -0.477 e. The number of allylic oxidation sites excluding steroid dienone is 8. The van der Waals surface area contributed by atoms with E-state index in [9.17, 15) is 19.5 Å². The lowest BCUT2D eigenvalue weighted by molar-refractivity contribution is -0.870. The van der Waals surface area contributed by atoms with Crippen LogP contribution in [-0.4, -0.2) is 87.4 Å². The third kappa shape index (κ3) is 64.7. The molecule has 0 aromatic heterocycles. The molecule has 0 aromatic rings. The molecule has 0 spiro atoms. The summed E-state index contributed by atoms with van der Waals surface area (Å²) in [5.74, 6) is -1.98. The second kappa shape index (κ2) is 63.3. The van der Waals surface area contributed by atoms with E-state index in [-0.39, 0.29) is 38.2 Å². The predicted octanol–water partition coefficient (Wildman–Crippen LogP) is 21.4. The molecule has 0 fully saturated rings. The van der Waals surface area contributed by atoms with E-state index >= 15 is 0 Å². The summed E-state index contributed by atoms with van der Waals surface area (Å²) >= 11 is 0. The van der Waals surface area contributed by atoms with Gasteiger partial charge in [0.05, 0.1) is 34.4 Å². The van der Waals surface area contributed by atoms with Crippen LogP contribution in [0.3, 0.4) is 0 Å². The van der Waals surface area contributed by atoms with E-state index < -0.39 is 18.4 Å². The zero-order valence-corrected chi connectivity index (χ0v) is 54.2. The van der Waals surface area contributed by atoms with Gasteiger partial charge in [0.2, 0.25) is 0 Å². The van der Waals surface area contributed by atoms with Crippen molar-refractivity contribution >= 4 is 17.9 Å². The lowest BCUT2D eigenvalue weighted by Gasteiger charge is -2.25. The van der Waals surface area contributed by atoms with Crippen molar-refractivity contribution in [2.75, 3.05) is 47.5 Å². The maximum absolute atomic E-state index is 12.9. The van der Waals surface area contributed by atoms with Gasteiger partial charge < -0.3 is 28.5 Å². The molecule has 0 bridgehead atoms. The van der Waals surface area contributed by atoms with Crippen molar-refractivity contribution < 1.29 is 42.9 Å². The number of esters is 2. The summed E-state index contributed by atoms with van der Waals surface area (Å²) in [5.41, 5.74) is 0. The van der Waals surface area contributed by atoms with Gasteiger partial charge >= 0.3 is 17.9 Å². The molecule has 9 nitrogen and oxygen atoms in total. The Morgan fingerprint density at radius 2 is 0.704 bits per heavy atom. The van der Waals surface area contributed by atoms with Crippen LogP contribution in [0.1, 0.15) is 335 Å². The summed E-state index contributed by atoms with van der Waals surface area (Å²) in [7, 11) is 5.99. The largest absolute Gasteiger partial charge is 0.477 e. The second-order valence-electron chi connectivity index (χ2n) is 24.8. The maximum atomic E-state index is 12.9. The number of ether oxygens (including phenoxy) is 4. The van der Waals surface area contributed by atoms with E-state index in [0.29, 0.717) is 17.4 Å². The Bertz CT molecular complexity index is 1470. The lowest BCUT2D eigenvalue weighted by Crippen LogP contribution is -2.40. The van der Waals surface area contributed by atoms with Gasteiger partial charge in [-0.25, -0.2) is 4.79 Å². The number of hydrogen-bond acceptors (Lipinski definition) is 7. The number of carbonyl (C=O) groups is 3. The van der Waals surface area contributed by atoms with E-state index in [1.807, 2.05) is 21.1 Å². The monoisotopic (exact) mass is 1140 g/mol. The number of carboxylic acids is 1. The van der Waals surface area contributed by atoms with Gasteiger partial charge in [-0.15, -0.1) is 0 Å². The maximum Gasteiger partial charge on any atom is 0.361 e. The smallest absolute Gasteiger partial charge is 0.361 e. The Morgan fingerprint density at radius 1 is 0.383 bits per heavy atom. The first kappa shape index (κ1) is 78.2. The summed E-state index contributed by atoms with van der Waals surface area (Å²) in [5, 5.41) is 9.72. The van der Waals surface area contributed by atoms with Crippen LogP contribution in [0.4, 0.5) is 0 Å². The second-order valence-corrected chi connectivity index (χ2v) is 24.8. The molecule has 0 amide bonds. The number of carbonyl (C=O) groups excluding carboxylic acids is 2. The molecule has 0 aliphatic rings. The van der Waals surface area contributed by atoms with Crippen molar-refractivity contribution in [3.05, 3.63) is 48.6 Å². The van der Waals surface area contributed by atoms with Gasteiger partial charge in [-0.05, 0) is 51.4 Å². The SMILES string of the molecule is CC/C=C\C/C=C\C/C=C\C/C=C\CCCCCCCCCCCCCCCCCCCCCCCCCCCCCCC(=O)OC(COC(=O)CCCCCCCCCCCCCCCCC)COC(OCC[N+](C)(C)C)C(=O)O. The normalized spacial score (nSPS) is 13.0. The third-order valence-electron chi connectivity index (χ3n) is 15.6. The molecule has 9 heteroatoms. The first-order valence-electron chi connectivity index (χ1n) is 34.8. The van der Waals surface area contributed by atoms with Crippen molar-refractivity contribution in [1.82, 2.24) is 0 Å². The molecule has 474 valence electrons. The Morgan fingerprint density at radius 3 is 1.05 bits per heavy atom. The van der Waals surface area contributed by atoms with Crippen LogP contribution in [0.15, 0.2) is 48.6 Å². The van der Waals surface area contributed by atoms with Crippen molar-refractivity contribution in [2.45, 2.75) is 347 Å². The average molecular weight is 1140 g/mol. The zero-order chi connectivity index (χ0) is 59.1. The molecular weight excluding hydrogens is 1010 g/mol. The standard InChI is InChI=1S/C72H133NO8/c1-6-8-10-12-14-16-18-20-22-23-24-25-26-27-28-29-30-31-32-33-34-35-36-37-38-39-40-41-42-43-44-45-46-47-49-51-53-55-57-59-61-63-70(75)81-68(67-80-72(71(76)77)78-65-64-73(3,4)5)66-79-69(74)62-60-58-56-54-52-50-48-21-19-17-15-13-11-9-7-2/h8,10,14,16,20,22,24-25,68,72H,6-7,9,11-13,15,17-19,21,23,26-67H2,1-5H3/p+1/b10-8-,16-14-,22-20-,25-24-. The topological polar surface area (TPSA) is 108 Å². The van der Waals surface area contributed by atoms with E-state index in [4.69, 9.17) is 18.9 Å². The number of carboxylic acid groups (broad SMARTS) is 1. The van der Waals surface area contributed by atoms with Gasteiger partial charge in [0.25, 0.3) is 6.29 Å². The highest BCUT2D eigenvalue weighted by Gasteiger charge is 2.25. The Kier molecular flexibility index (Phi) is 61.1. The summed E-state index contributed by atoms with van der Waals surface area (Å²) in [6.45, 7) is 4.82. The number of hydrogen-bond donors (Lipinski definition) is 1. The van der Waals surface area contributed by atoms with Gasteiger partial charge in [-0.2, -0.15) is 0 Å². The molecule has 0 aromatic carbocycles. The van der Waals surface area contributed by atoms with E-state index in [1.165, 1.54) is 244 Å². The Balaban J connectivity index is 3.90. The third-order valence-corrected chi connectivity index (χ3v) is 15.6. The summed E-state index contributed by atoms with van der Waals surface area (Å²) in [6.07, 6.45) is 78.2. The van der Waals surface area contributed by atoms with Crippen molar-refractivity contribution in [3.63, 3.8) is 0 Å². The fourth-order valence-electron chi connectivity index (χ4n) is 10.3. The van der Waals surface area contributed by atoms with Crippen molar-refractivity contribution in [1.29, 1.82) is 0 Å². The van der Waals surface area contributed by atoms with Crippen LogP contribution in [0.5, 0.6) is 0 Å². The molecule has 0 saturated heterocycles. The molecular formula is C72H134NO8+. The Hall–Kier alpha value is -2.75. The summed E-state index contributed by atoms with van der Waals surface area (Å²) < 4.78 is 22.9. The van der Waals surface area contributed by atoms with E-state index in [1.54, 1.807) is 0 Å². The molecule has 2 atom stereocenters. The number of rotatable bonds is 65. The van der Waals surface area contributed by atoms with E-state index in [0.717, 1.165) is 64.2 Å². The summed E-state index contributed by atoms with van der Waals surface area (Å²) in [4.78, 5) is 37.5. The molecule has 0 radical (unpaired) electrons. The van der Waals surface area contributed by atoms with Crippen LogP contribution in [0.2, 0.25) is 0 Å². The first-order chi connectivity index (χ1) is 39.6. The quantitative estimate of drug-likeness (QED) is 0.0211. The Labute approximate surface area is 502 Å². The number of aliphatic carboxylic acids is 1. The number of nitrogens with zero attached hydrogens (tertiary/aromatic N) is 1. The molecule has 0 aliphatic carbocycles. The molecule has 0 rings (SSSR count). The molecule has 1 N–H and O–H groups in total. The van der Waals surface area contributed by atoms with Crippen LogP contribution in [0, 0.1) is 0 Å². The fraction of sp³-hybridized carbons (Fsp3) is 0.847. The van der Waals surface area contributed by atoms with Gasteiger partial charge in [-0.1, -0.05) is 319 Å². The van der Waals surface area contributed by atoms with Gasteiger partial charge in [-0.3, -0.25) is 9.59 Å². The van der Waals surface area contributed by atoms with Crippen LogP contribution in [0.25, 0.3) is 0 Å². The minimum absolute atomic E-state index is 0.175. The highest BCUT2D eigenvalue weighted by molar-refractivity contribution is 5.71. The highest BCUT2D eigenvalue weighted by atomic mass is 16.7. The fourth-order valence-corrected chi connectivity index (χ4v) is 10.3. The van der Waals surface area contributed by atoms with Crippen molar-refractivity contribution in [2.24, 2.45) is 0 Å². The van der Waals surface area contributed by atoms with Crippen LogP contribution >= 0.6 is 0 Å². The van der Waals surface area contributed by atoms with Gasteiger partial charge in [0.15, 0.2) is 6.10 Å². The minimum atomic E-state index is -1.51. The summed E-state index contributed by atoms with van der Waals surface area (Å²) in [6, 6.07) is 0. The first-order valence-corrected chi connectivity index (χ1v) is 34.8. The average Bonchev–Trinajstić information content (AvgIpc) is 3.44. The highest BCUT2D eigenvalue weighted by Crippen LogP contribution is 2.19. The van der Waals surface area contributed by atoms with E-state index in [2.05, 4.69) is 62.5 Å². The van der Waals surface area contributed by atoms with Crippen molar-refractivity contribution in [3.8, 4) is 0 Å². The molecule has 2 unspecified atom stereocenters.